The van der Waals surface area contributed by atoms with Crippen LogP contribution in [0.1, 0.15) is 40.3 Å². The van der Waals surface area contributed by atoms with E-state index in [1.54, 1.807) is 28.0 Å². The number of H-pyrrole nitrogens is 1. The Kier molecular flexibility index (Phi) is 4.98. The van der Waals surface area contributed by atoms with Crippen LogP contribution >= 0.6 is 0 Å². The quantitative estimate of drug-likeness (QED) is 0.880. The largest absolute Gasteiger partial charge is 0.454 e. The molecule has 0 spiro atoms. The summed E-state index contributed by atoms with van der Waals surface area (Å²) in [6.45, 7) is 6.57. The van der Waals surface area contributed by atoms with E-state index in [4.69, 9.17) is 9.47 Å². The first-order valence-electron chi connectivity index (χ1n) is 9.67. The summed E-state index contributed by atoms with van der Waals surface area (Å²) < 4.78 is 10.6. The molecule has 1 aromatic carbocycles. The Morgan fingerprint density at radius 2 is 1.68 bits per heavy atom. The predicted molar refractivity (Wildman–Crippen MR) is 104 cm³/mol. The maximum atomic E-state index is 12.8. The van der Waals surface area contributed by atoms with Crippen molar-refractivity contribution in [2.24, 2.45) is 5.92 Å². The van der Waals surface area contributed by atoms with Crippen molar-refractivity contribution in [1.29, 1.82) is 0 Å². The Hall–Kier alpha value is -2.96. The van der Waals surface area contributed by atoms with Gasteiger partial charge in [-0.15, -0.1) is 0 Å². The molecule has 0 atom stereocenters. The molecule has 2 aliphatic heterocycles. The third-order valence-electron chi connectivity index (χ3n) is 5.09. The number of carbonyl (C=O) groups excluding carboxylic acids is 2. The summed E-state index contributed by atoms with van der Waals surface area (Å²) in [5.41, 5.74) is 2.34. The van der Waals surface area contributed by atoms with Gasteiger partial charge in [-0.1, -0.05) is 13.8 Å². The molecule has 0 bridgehead atoms. The molecule has 1 aromatic heterocycles. The molecule has 2 amide bonds. The molecule has 0 saturated carbocycles. The zero-order valence-electron chi connectivity index (χ0n) is 16.2. The maximum absolute atomic E-state index is 12.8. The fourth-order valence-electron chi connectivity index (χ4n) is 3.65. The third-order valence-corrected chi connectivity index (χ3v) is 5.09. The Labute approximate surface area is 164 Å². The van der Waals surface area contributed by atoms with Crippen molar-refractivity contribution in [2.75, 3.05) is 33.0 Å². The van der Waals surface area contributed by atoms with E-state index in [9.17, 15) is 9.59 Å². The van der Waals surface area contributed by atoms with Gasteiger partial charge in [0.2, 0.25) is 6.79 Å². The van der Waals surface area contributed by atoms with Gasteiger partial charge >= 0.3 is 0 Å². The van der Waals surface area contributed by atoms with Crippen LogP contribution in [0, 0.1) is 5.92 Å². The lowest BCUT2D eigenvalue weighted by atomic mass is 10.1. The number of nitrogens with one attached hydrogen (secondary N) is 1. The lowest BCUT2D eigenvalue weighted by molar-refractivity contribution is 0.0532. The van der Waals surface area contributed by atoms with Gasteiger partial charge in [0.05, 0.1) is 0 Å². The van der Waals surface area contributed by atoms with Crippen molar-refractivity contribution < 1.29 is 19.1 Å². The van der Waals surface area contributed by atoms with Crippen LogP contribution in [0.5, 0.6) is 11.5 Å². The number of aromatic amines is 1. The molecule has 28 heavy (non-hydrogen) atoms. The van der Waals surface area contributed by atoms with E-state index in [0.29, 0.717) is 54.9 Å². The first-order chi connectivity index (χ1) is 13.5. The van der Waals surface area contributed by atoms with E-state index in [1.165, 1.54) is 0 Å². The lowest BCUT2D eigenvalue weighted by Crippen LogP contribution is -2.50. The monoisotopic (exact) mass is 383 g/mol. The number of benzene rings is 1. The number of ether oxygens (including phenoxy) is 2. The van der Waals surface area contributed by atoms with E-state index < -0.39 is 0 Å². The maximum Gasteiger partial charge on any atom is 0.270 e. The normalized spacial score (nSPS) is 16.0. The molecular weight excluding hydrogens is 358 g/mol. The highest BCUT2D eigenvalue weighted by Crippen LogP contribution is 2.32. The van der Waals surface area contributed by atoms with Crippen LogP contribution in [0.4, 0.5) is 0 Å². The van der Waals surface area contributed by atoms with Gasteiger partial charge < -0.3 is 24.3 Å². The fourth-order valence-corrected chi connectivity index (χ4v) is 3.65. The molecule has 7 heteroatoms. The van der Waals surface area contributed by atoms with Gasteiger partial charge in [0.15, 0.2) is 11.5 Å². The number of rotatable bonds is 4. The number of hydrogen-bond donors (Lipinski definition) is 1. The summed E-state index contributed by atoms with van der Waals surface area (Å²) in [5.74, 6) is 1.75. The second-order valence-electron chi connectivity index (χ2n) is 7.67. The first-order valence-corrected chi connectivity index (χ1v) is 9.67. The summed E-state index contributed by atoms with van der Waals surface area (Å²) in [4.78, 5) is 32.2. The van der Waals surface area contributed by atoms with Crippen molar-refractivity contribution >= 4 is 11.8 Å². The molecule has 4 rings (SSSR count). The molecule has 1 saturated heterocycles. The van der Waals surface area contributed by atoms with Crippen molar-refractivity contribution in [3.05, 3.63) is 47.3 Å². The summed E-state index contributed by atoms with van der Waals surface area (Å²) in [6, 6.07) is 7.17. The lowest BCUT2D eigenvalue weighted by Gasteiger charge is -2.34. The van der Waals surface area contributed by atoms with Crippen LogP contribution in [0.25, 0.3) is 0 Å². The number of piperazine rings is 1. The van der Waals surface area contributed by atoms with E-state index >= 15 is 0 Å². The molecule has 1 fully saturated rings. The molecule has 7 nitrogen and oxygen atoms in total. The Bertz CT molecular complexity index is 882. The van der Waals surface area contributed by atoms with Crippen LogP contribution in [0.3, 0.4) is 0 Å². The number of fused-ring (bicyclic) bond motifs is 1. The molecule has 2 aromatic rings. The van der Waals surface area contributed by atoms with Gasteiger partial charge in [-0.25, -0.2) is 0 Å². The molecule has 2 aliphatic rings. The van der Waals surface area contributed by atoms with Crippen LogP contribution in [-0.4, -0.2) is 59.6 Å². The highest BCUT2D eigenvalue weighted by atomic mass is 16.7. The van der Waals surface area contributed by atoms with Crippen molar-refractivity contribution in [2.45, 2.75) is 20.3 Å². The summed E-state index contributed by atoms with van der Waals surface area (Å²) in [7, 11) is 0. The van der Waals surface area contributed by atoms with Crippen molar-refractivity contribution in [1.82, 2.24) is 14.8 Å². The number of carbonyl (C=O) groups is 2. The van der Waals surface area contributed by atoms with Gasteiger partial charge in [0.1, 0.15) is 5.69 Å². The second kappa shape index (κ2) is 7.58. The topological polar surface area (TPSA) is 74.9 Å². The standard InChI is InChI=1S/C21H25N3O4/c1-14(2)9-15-10-17(22-12-15)21(26)24-7-5-23(6-8-24)20(25)16-3-4-18-19(11-16)28-13-27-18/h3-4,10-12,14,22H,5-9,13H2,1-2H3. The molecule has 148 valence electrons. The number of nitrogens with zero attached hydrogens (tertiary/aromatic N) is 2. The second-order valence-corrected chi connectivity index (χ2v) is 7.67. The summed E-state index contributed by atoms with van der Waals surface area (Å²) in [6.07, 6.45) is 2.86. The highest BCUT2D eigenvalue weighted by molar-refractivity contribution is 5.96. The van der Waals surface area contributed by atoms with Crippen LogP contribution < -0.4 is 9.47 Å². The average molecular weight is 383 g/mol. The fraction of sp³-hybridized carbons (Fsp3) is 0.429. The molecule has 0 aliphatic carbocycles. The number of hydrogen-bond acceptors (Lipinski definition) is 4. The smallest absolute Gasteiger partial charge is 0.270 e. The Balaban J connectivity index is 1.35. The third kappa shape index (κ3) is 3.69. The van der Waals surface area contributed by atoms with Gasteiger partial charge in [-0.05, 0) is 42.2 Å². The Morgan fingerprint density at radius 3 is 2.39 bits per heavy atom. The highest BCUT2D eigenvalue weighted by Gasteiger charge is 2.27. The van der Waals surface area contributed by atoms with Gasteiger partial charge in [0.25, 0.3) is 11.8 Å². The van der Waals surface area contributed by atoms with Crippen LogP contribution in [-0.2, 0) is 6.42 Å². The van der Waals surface area contributed by atoms with E-state index in [1.807, 2.05) is 12.3 Å². The first kappa shape index (κ1) is 18.4. The molecule has 1 N–H and O–H groups in total. The Morgan fingerprint density at radius 1 is 1.00 bits per heavy atom. The zero-order chi connectivity index (χ0) is 19.7. The molecular formula is C21H25N3O4. The van der Waals surface area contributed by atoms with Crippen LogP contribution in [0.2, 0.25) is 0 Å². The minimum Gasteiger partial charge on any atom is -0.454 e. The van der Waals surface area contributed by atoms with E-state index in [-0.39, 0.29) is 18.6 Å². The van der Waals surface area contributed by atoms with E-state index in [2.05, 4.69) is 18.8 Å². The average Bonchev–Trinajstić information content (AvgIpc) is 3.35. The summed E-state index contributed by atoms with van der Waals surface area (Å²) in [5, 5.41) is 0. The molecule has 0 unspecified atom stereocenters. The zero-order valence-corrected chi connectivity index (χ0v) is 16.2. The SMILES string of the molecule is CC(C)Cc1c[nH]c(C(=O)N2CCN(C(=O)c3ccc4c(c3)OCO4)CC2)c1. The van der Waals surface area contributed by atoms with Crippen molar-refractivity contribution in [3.63, 3.8) is 0 Å². The number of amides is 2. The summed E-state index contributed by atoms with van der Waals surface area (Å²) >= 11 is 0. The molecule has 3 heterocycles. The predicted octanol–water partition coefficient (Wildman–Crippen LogP) is 2.54. The molecule has 0 radical (unpaired) electrons. The van der Waals surface area contributed by atoms with Gasteiger partial charge in [0, 0.05) is 37.9 Å². The van der Waals surface area contributed by atoms with E-state index in [0.717, 1.165) is 12.0 Å². The van der Waals surface area contributed by atoms with Gasteiger partial charge in [-0.3, -0.25) is 9.59 Å². The number of aromatic nitrogens is 1. The van der Waals surface area contributed by atoms with Crippen molar-refractivity contribution in [3.8, 4) is 11.5 Å². The van der Waals surface area contributed by atoms with Gasteiger partial charge in [-0.2, -0.15) is 0 Å². The minimum atomic E-state index is -0.0514. The van der Waals surface area contributed by atoms with Crippen LogP contribution in [0.15, 0.2) is 30.5 Å². The minimum absolute atomic E-state index is 0.00909.